The van der Waals surface area contributed by atoms with Crippen LogP contribution in [0.25, 0.3) is 0 Å². The largest absolute Gasteiger partial charge is 0.299 e. The molecule has 2 nitrogen and oxygen atoms in total. The van der Waals surface area contributed by atoms with Gasteiger partial charge in [0.1, 0.15) is 11.6 Å². The Bertz CT molecular complexity index is 435. The van der Waals surface area contributed by atoms with Crippen molar-refractivity contribution in [2.24, 2.45) is 0 Å². The molecule has 1 aliphatic rings. The molecule has 1 saturated carbocycles. The molecule has 0 aromatic heterocycles. The molecule has 0 radical (unpaired) electrons. The first-order valence-electron chi connectivity index (χ1n) is 5.35. The topological polar surface area (TPSA) is 34.1 Å². The fourth-order valence-corrected chi connectivity index (χ4v) is 2.64. The number of ketones is 2. The van der Waals surface area contributed by atoms with E-state index in [1.807, 2.05) is 25.1 Å². The second kappa shape index (κ2) is 4.50. The molecule has 84 valence electrons. The molecule has 2 rings (SSSR count). The molecule has 0 bridgehead atoms. The average Bonchev–Trinajstić information content (AvgIpc) is 2.20. The molecule has 0 atom stereocenters. The number of halogens is 1. The summed E-state index contributed by atoms with van der Waals surface area (Å²) in [6.45, 7) is 2.02. The summed E-state index contributed by atoms with van der Waals surface area (Å²) >= 11 is 3.42. The van der Waals surface area contributed by atoms with E-state index in [1.165, 1.54) is 0 Å². The molecular weight excluding hydrogens is 268 g/mol. The second-order valence-corrected chi connectivity index (χ2v) is 5.28. The van der Waals surface area contributed by atoms with Crippen molar-refractivity contribution in [2.75, 3.05) is 0 Å². The Morgan fingerprint density at radius 2 is 1.81 bits per heavy atom. The SMILES string of the molecule is Cc1ccc(Br)cc1C1CC(=O)CC(=O)C1. The molecule has 1 aromatic rings. The number of Topliss-reactive ketones (excluding diaryl/α,β-unsaturated/α-hetero) is 2. The van der Waals surface area contributed by atoms with E-state index in [9.17, 15) is 9.59 Å². The van der Waals surface area contributed by atoms with Crippen LogP contribution in [0.2, 0.25) is 0 Å². The van der Waals surface area contributed by atoms with E-state index in [4.69, 9.17) is 0 Å². The van der Waals surface area contributed by atoms with Gasteiger partial charge in [0.15, 0.2) is 0 Å². The van der Waals surface area contributed by atoms with Crippen LogP contribution in [0.1, 0.15) is 36.3 Å². The third-order valence-electron chi connectivity index (χ3n) is 3.02. The van der Waals surface area contributed by atoms with Crippen LogP contribution < -0.4 is 0 Å². The van der Waals surface area contributed by atoms with E-state index in [-0.39, 0.29) is 23.9 Å². The van der Waals surface area contributed by atoms with Gasteiger partial charge in [-0.05, 0) is 36.1 Å². The van der Waals surface area contributed by atoms with Gasteiger partial charge in [-0.1, -0.05) is 22.0 Å². The predicted molar refractivity (Wildman–Crippen MR) is 65.5 cm³/mol. The standard InChI is InChI=1S/C13H13BrO2/c1-8-2-3-10(14)6-13(8)9-4-11(15)7-12(16)5-9/h2-3,6,9H,4-5,7H2,1H3. The average molecular weight is 281 g/mol. The molecule has 1 fully saturated rings. The van der Waals surface area contributed by atoms with E-state index in [0.29, 0.717) is 12.8 Å². The van der Waals surface area contributed by atoms with Crippen molar-refractivity contribution < 1.29 is 9.59 Å². The van der Waals surface area contributed by atoms with Crippen LogP contribution in [0, 0.1) is 6.92 Å². The van der Waals surface area contributed by atoms with Gasteiger partial charge in [-0.3, -0.25) is 9.59 Å². The van der Waals surface area contributed by atoms with E-state index >= 15 is 0 Å². The summed E-state index contributed by atoms with van der Waals surface area (Å²) in [6, 6.07) is 6.01. The van der Waals surface area contributed by atoms with E-state index in [1.54, 1.807) is 0 Å². The zero-order valence-electron chi connectivity index (χ0n) is 9.13. The maximum atomic E-state index is 11.4. The number of hydrogen-bond acceptors (Lipinski definition) is 2. The smallest absolute Gasteiger partial charge is 0.140 e. The Kier molecular flexibility index (Phi) is 3.24. The molecule has 0 aliphatic heterocycles. The highest BCUT2D eigenvalue weighted by Gasteiger charge is 2.27. The minimum absolute atomic E-state index is 0.0700. The van der Waals surface area contributed by atoms with Crippen LogP contribution in [-0.2, 0) is 9.59 Å². The number of carbonyl (C=O) groups is 2. The predicted octanol–water partition coefficient (Wildman–Crippen LogP) is 3.16. The summed E-state index contributed by atoms with van der Waals surface area (Å²) in [5.74, 6) is 0.215. The lowest BCUT2D eigenvalue weighted by Gasteiger charge is -2.22. The van der Waals surface area contributed by atoms with E-state index in [0.717, 1.165) is 15.6 Å². The van der Waals surface area contributed by atoms with Gasteiger partial charge in [0.2, 0.25) is 0 Å². The molecule has 1 aromatic carbocycles. The van der Waals surface area contributed by atoms with Crippen LogP contribution in [0.5, 0.6) is 0 Å². The maximum absolute atomic E-state index is 11.4. The van der Waals surface area contributed by atoms with Crippen molar-refractivity contribution in [1.82, 2.24) is 0 Å². The molecular formula is C13H13BrO2. The van der Waals surface area contributed by atoms with Gasteiger partial charge < -0.3 is 0 Å². The fraction of sp³-hybridized carbons (Fsp3) is 0.385. The third-order valence-corrected chi connectivity index (χ3v) is 3.52. The summed E-state index contributed by atoms with van der Waals surface area (Å²) in [7, 11) is 0. The Morgan fingerprint density at radius 1 is 1.19 bits per heavy atom. The van der Waals surface area contributed by atoms with Crippen LogP contribution in [0.3, 0.4) is 0 Å². The van der Waals surface area contributed by atoms with Crippen molar-refractivity contribution in [1.29, 1.82) is 0 Å². The Morgan fingerprint density at radius 3 is 2.44 bits per heavy atom. The minimum Gasteiger partial charge on any atom is -0.299 e. The highest BCUT2D eigenvalue weighted by Crippen LogP contribution is 2.32. The molecule has 0 heterocycles. The Hall–Kier alpha value is -0.960. The Labute approximate surface area is 103 Å². The first kappa shape index (κ1) is 11.5. The lowest BCUT2D eigenvalue weighted by molar-refractivity contribution is -0.130. The van der Waals surface area contributed by atoms with E-state index < -0.39 is 0 Å². The summed E-state index contributed by atoms with van der Waals surface area (Å²) in [4.78, 5) is 22.8. The quantitative estimate of drug-likeness (QED) is 0.741. The fourth-order valence-electron chi connectivity index (χ4n) is 2.26. The van der Waals surface area contributed by atoms with Crippen molar-refractivity contribution in [3.05, 3.63) is 33.8 Å². The first-order chi connectivity index (χ1) is 7.56. The lowest BCUT2D eigenvalue weighted by Crippen LogP contribution is -2.21. The summed E-state index contributed by atoms with van der Waals surface area (Å²) in [5.41, 5.74) is 2.27. The highest BCUT2D eigenvalue weighted by molar-refractivity contribution is 9.10. The molecule has 0 saturated heterocycles. The van der Waals surface area contributed by atoms with Gasteiger partial charge >= 0.3 is 0 Å². The molecule has 0 amide bonds. The molecule has 16 heavy (non-hydrogen) atoms. The minimum atomic E-state index is 0.0700. The van der Waals surface area contributed by atoms with Crippen molar-refractivity contribution in [2.45, 2.75) is 32.1 Å². The van der Waals surface area contributed by atoms with Gasteiger partial charge in [-0.15, -0.1) is 0 Å². The highest BCUT2D eigenvalue weighted by atomic mass is 79.9. The van der Waals surface area contributed by atoms with E-state index in [2.05, 4.69) is 15.9 Å². The summed E-state index contributed by atoms with van der Waals surface area (Å²) in [5, 5.41) is 0. The van der Waals surface area contributed by atoms with Crippen LogP contribution in [0.15, 0.2) is 22.7 Å². The number of hydrogen-bond donors (Lipinski definition) is 0. The number of rotatable bonds is 1. The summed E-state index contributed by atoms with van der Waals surface area (Å²) in [6.07, 6.45) is 1.13. The molecule has 0 unspecified atom stereocenters. The van der Waals surface area contributed by atoms with Gasteiger partial charge in [-0.2, -0.15) is 0 Å². The molecule has 3 heteroatoms. The zero-order chi connectivity index (χ0) is 11.7. The molecule has 1 aliphatic carbocycles. The van der Waals surface area contributed by atoms with Gasteiger partial charge in [-0.25, -0.2) is 0 Å². The molecule has 0 spiro atoms. The van der Waals surface area contributed by atoms with Crippen molar-refractivity contribution >= 4 is 27.5 Å². The van der Waals surface area contributed by atoms with Gasteiger partial charge in [0.05, 0.1) is 6.42 Å². The van der Waals surface area contributed by atoms with Gasteiger partial charge in [0, 0.05) is 17.3 Å². The summed E-state index contributed by atoms with van der Waals surface area (Å²) < 4.78 is 0.999. The van der Waals surface area contributed by atoms with Crippen LogP contribution >= 0.6 is 15.9 Å². The monoisotopic (exact) mass is 280 g/mol. The first-order valence-corrected chi connectivity index (χ1v) is 6.15. The van der Waals surface area contributed by atoms with Crippen molar-refractivity contribution in [3.63, 3.8) is 0 Å². The maximum Gasteiger partial charge on any atom is 0.140 e. The van der Waals surface area contributed by atoms with Gasteiger partial charge in [0.25, 0.3) is 0 Å². The lowest BCUT2D eigenvalue weighted by atomic mass is 9.81. The number of benzene rings is 1. The second-order valence-electron chi connectivity index (χ2n) is 4.36. The number of carbonyl (C=O) groups excluding carboxylic acids is 2. The number of aryl methyl sites for hydroxylation is 1. The van der Waals surface area contributed by atoms with Crippen LogP contribution in [-0.4, -0.2) is 11.6 Å². The normalized spacial score (nSPS) is 17.9. The van der Waals surface area contributed by atoms with Crippen molar-refractivity contribution in [3.8, 4) is 0 Å². The molecule has 0 N–H and O–H groups in total. The zero-order valence-corrected chi connectivity index (χ0v) is 10.7. The van der Waals surface area contributed by atoms with Crippen LogP contribution in [0.4, 0.5) is 0 Å². The Balaban J connectivity index is 2.32. The third kappa shape index (κ3) is 2.40.